The van der Waals surface area contributed by atoms with Crippen molar-refractivity contribution in [3.63, 3.8) is 0 Å². The van der Waals surface area contributed by atoms with Crippen molar-refractivity contribution in [3.8, 4) is 6.07 Å². The van der Waals surface area contributed by atoms with Gasteiger partial charge in [-0.25, -0.2) is 0 Å². The molecule has 0 bridgehead atoms. The number of nitriles is 1. The Hall–Kier alpha value is -1.05. The monoisotopic (exact) mass is 280 g/mol. The number of halogens is 1. The first-order valence-corrected chi connectivity index (χ1v) is 6.04. The molecule has 0 spiro atoms. The summed E-state index contributed by atoms with van der Waals surface area (Å²) in [7, 11) is 0. The van der Waals surface area contributed by atoms with Crippen LogP contribution in [0.1, 0.15) is 18.9 Å². The largest absolute Gasteiger partial charge is 0.386 e. The molecule has 1 aromatic carbocycles. The summed E-state index contributed by atoms with van der Waals surface area (Å²) in [5, 5.41) is 18.7. The lowest BCUT2D eigenvalue weighted by molar-refractivity contribution is 0.00853. The number of hydrogen-bond acceptors (Lipinski definition) is 3. The van der Waals surface area contributed by atoms with Crippen molar-refractivity contribution in [2.45, 2.75) is 18.9 Å². The van der Waals surface area contributed by atoms with Crippen LogP contribution in [-0.2, 0) is 0 Å². The van der Waals surface area contributed by atoms with Gasteiger partial charge >= 0.3 is 0 Å². The van der Waals surface area contributed by atoms with Crippen LogP contribution in [0.4, 0.5) is 5.69 Å². The van der Waals surface area contributed by atoms with E-state index in [0.717, 1.165) is 16.6 Å². The van der Waals surface area contributed by atoms with E-state index < -0.39 is 5.60 Å². The van der Waals surface area contributed by atoms with Gasteiger partial charge in [0.25, 0.3) is 0 Å². The van der Waals surface area contributed by atoms with E-state index in [9.17, 15) is 5.11 Å². The van der Waals surface area contributed by atoms with Gasteiger partial charge in [-0.2, -0.15) is 5.26 Å². The first-order valence-electron chi connectivity index (χ1n) is 5.25. The zero-order chi connectivity index (χ0) is 11.8. The molecule has 4 heteroatoms. The molecule has 3 nitrogen and oxygen atoms in total. The van der Waals surface area contributed by atoms with Crippen molar-refractivity contribution < 1.29 is 5.11 Å². The Labute approximate surface area is 103 Å². The van der Waals surface area contributed by atoms with Crippen LogP contribution in [0.15, 0.2) is 22.7 Å². The Morgan fingerprint density at radius 2 is 2.25 bits per heavy atom. The van der Waals surface area contributed by atoms with E-state index in [1.807, 2.05) is 19.1 Å². The summed E-state index contributed by atoms with van der Waals surface area (Å²) < 4.78 is 0.805. The maximum absolute atomic E-state index is 9.91. The molecule has 0 unspecified atom stereocenters. The van der Waals surface area contributed by atoms with Gasteiger partial charge in [-0.1, -0.05) is 6.92 Å². The predicted molar refractivity (Wildman–Crippen MR) is 66.3 cm³/mol. The second kappa shape index (κ2) is 4.08. The first kappa shape index (κ1) is 11.4. The van der Waals surface area contributed by atoms with E-state index in [1.165, 1.54) is 0 Å². The number of nitrogens with zero attached hydrogens (tertiary/aromatic N) is 2. The van der Waals surface area contributed by atoms with Gasteiger partial charge in [0.05, 0.1) is 11.2 Å². The van der Waals surface area contributed by atoms with Crippen LogP contribution in [0, 0.1) is 11.3 Å². The third-order valence-electron chi connectivity index (χ3n) is 3.07. The average molecular weight is 281 g/mol. The summed E-state index contributed by atoms with van der Waals surface area (Å²) in [6, 6.07) is 7.74. The average Bonchev–Trinajstić information content (AvgIpc) is 2.24. The van der Waals surface area contributed by atoms with Gasteiger partial charge < -0.3 is 10.0 Å². The molecule has 0 amide bonds. The molecule has 0 radical (unpaired) electrons. The summed E-state index contributed by atoms with van der Waals surface area (Å²) in [5.41, 5.74) is 1.15. The predicted octanol–water partition coefficient (Wildman–Crippen LogP) is 2.28. The molecule has 0 aliphatic carbocycles. The number of rotatable bonds is 2. The molecule has 0 aromatic heterocycles. The van der Waals surface area contributed by atoms with Gasteiger partial charge in [-0.05, 0) is 40.5 Å². The lowest BCUT2D eigenvalue weighted by Gasteiger charge is -2.47. The maximum atomic E-state index is 9.91. The van der Waals surface area contributed by atoms with E-state index in [-0.39, 0.29) is 0 Å². The van der Waals surface area contributed by atoms with E-state index in [1.54, 1.807) is 6.07 Å². The SMILES string of the molecule is CCC1(O)CN(c2ccc(C#N)c(Br)c2)C1. The molecule has 1 aliphatic heterocycles. The minimum absolute atomic E-state index is 0.527. The highest BCUT2D eigenvalue weighted by atomic mass is 79.9. The molecule has 84 valence electrons. The smallest absolute Gasteiger partial charge is 0.100 e. The Kier molecular flexibility index (Phi) is 2.92. The molecule has 1 heterocycles. The summed E-state index contributed by atoms with van der Waals surface area (Å²) >= 11 is 3.36. The van der Waals surface area contributed by atoms with E-state index in [0.29, 0.717) is 18.7 Å². The quantitative estimate of drug-likeness (QED) is 0.904. The number of anilines is 1. The van der Waals surface area contributed by atoms with E-state index >= 15 is 0 Å². The molecule has 1 aliphatic rings. The van der Waals surface area contributed by atoms with Gasteiger partial charge in [-0.3, -0.25) is 0 Å². The second-order valence-electron chi connectivity index (χ2n) is 4.21. The van der Waals surface area contributed by atoms with Crippen LogP contribution in [0.2, 0.25) is 0 Å². The number of aliphatic hydroxyl groups is 1. The fourth-order valence-electron chi connectivity index (χ4n) is 1.86. The maximum Gasteiger partial charge on any atom is 0.100 e. The van der Waals surface area contributed by atoms with Gasteiger partial charge in [0.2, 0.25) is 0 Å². The Morgan fingerprint density at radius 3 is 2.75 bits per heavy atom. The lowest BCUT2D eigenvalue weighted by atomic mass is 9.91. The minimum Gasteiger partial charge on any atom is -0.386 e. The molecule has 2 rings (SSSR count). The van der Waals surface area contributed by atoms with Crippen molar-refractivity contribution in [1.82, 2.24) is 0 Å². The molecule has 0 atom stereocenters. The highest BCUT2D eigenvalue weighted by Crippen LogP contribution is 2.32. The van der Waals surface area contributed by atoms with E-state index in [2.05, 4.69) is 26.9 Å². The summed E-state index contributed by atoms with van der Waals surface area (Å²) in [5.74, 6) is 0. The van der Waals surface area contributed by atoms with Crippen LogP contribution in [0.5, 0.6) is 0 Å². The second-order valence-corrected chi connectivity index (χ2v) is 5.06. The molecule has 1 aromatic rings. The summed E-state index contributed by atoms with van der Waals surface area (Å²) in [6.07, 6.45) is 0.779. The summed E-state index contributed by atoms with van der Waals surface area (Å²) in [6.45, 7) is 3.33. The van der Waals surface area contributed by atoms with Crippen molar-refractivity contribution in [2.75, 3.05) is 18.0 Å². The van der Waals surface area contributed by atoms with Crippen molar-refractivity contribution >= 4 is 21.6 Å². The third kappa shape index (κ3) is 1.93. The minimum atomic E-state index is -0.527. The van der Waals surface area contributed by atoms with Crippen LogP contribution in [0.25, 0.3) is 0 Å². The highest BCUT2D eigenvalue weighted by molar-refractivity contribution is 9.10. The van der Waals surface area contributed by atoms with Crippen LogP contribution < -0.4 is 4.90 Å². The number of β-amino-alcohol motifs (C(OH)–C–C–N with tert-alkyl or cyclic N) is 1. The van der Waals surface area contributed by atoms with Gasteiger partial charge in [0, 0.05) is 23.2 Å². The molecule has 1 N–H and O–H groups in total. The fraction of sp³-hybridized carbons (Fsp3) is 0.417. The Bertz CT molecular complexity index is 447. The highest BCUT2D eigenvalue weighted by Gasteiger charge is 2.39. The number of benzene rings is 1. The van der Waals surface area contributed by atoms with Gasteiger partial charge in [0.1, 0.15) is 6.07 Å². The molecule has 1 saturated heterocycles. The molecule has 0 saturated carbocycles. The molecule has 1 fully saturated rings. The number of hydrogen-bond donors (Lipinski definition) is 1. The van der Waals surface area contributed by atoms with Crippen LogP contribution in [-0.4, -0.2) is 23.8 Å². The zero-order valence-electron chi connectivity index (χ0n) is 9.07. The molecule has 16 heavy (non-hydrogen) atoms. The fourth-order valence-corrected chi connectivity index (χ4v) is 2.32. The zero-order valence-corrected chi connectivity index (χ0v) is 10.7. The van der Waals surface area contributed by atoms with Gasteiger partial charge in [0.15, 0.2) is 0 Å². The Morgan fingerprint density at radius 1 is 1.56 bits per heavy atom. The lowest BCUT2D eigenvalue weighted by Crippen LogP contribution is -2.61. The van der Waals surface area contributed by atoms with Crippen molar-refractivity contribution in [3.05, 3.63) is 28.2 Å². The van der Waals surface area contributed by atoms with E-state index in [4.69, 9.17) is 5.26 Å². The summed E-state index contributed by atoms with van der Waals surface area (Å²) in [4.78, 5) is 2.11. The topological polar surface area (TPSA) is 47.3 Å². The first-order chi connectivity index (χ1) is 7.58. The molecular formula is C12H13BrN2O. The van der Waals surface area contributed by atoms with Crippen LogP contribution in [0.3, 0.4) is 0 Å². The molecular weight excluding hydrogens is 268 g/mol. The van der Waals surface area contributed by atoms with Crippen LogP contribution >= 0.6 is 15.9 Å². The van der Waals surface area contributed by atoms with Crippen molar-refractivity contribution in [2.24, 2.45) is 0 Å². The standard InChI is InChI=1S/C12H13BrN2O/c1-2-12(16)7-15(8-12)10-4-3-9(6-14)11(13)5-10/h3-5,16H,2,7-8H2,1H3. The third-order valence-corrected chi connectivity index (χ3v) is 3.72. The normalized spacial score (nSPS) is 17.8. The van der Waals surface area contributed by atoms with Crippen molar-refractivity contribution in [1.29, 1.82) is 5.26 Å². The van der Waals surface area contributed by atoms with Gasteiger partial charge in [-0.15, -0.1) is 0 Å². The Balaban J connectivity index is 2.14.